The molecule has 0 aromatic heterocycles. The highest BCUT2D eigenvalue weighted by Gasteiger charge is 2.10. The van der Waals surface area contributed by atoms with E-state index in [0.717, 1.165) is 0 Å². The molecule has 0 aliphatic rings. The number of benzene rings is 2. The molecule has 0 fully saturated rings. The van der Waals surface area contributed by atoms with Crippen molar-refractivity contribution < 1.29 is 13.9 Å². The standard InChI is InChI=1S/C14H13F2NO/c1-17(13-4-2-3-11(15)8-13)14-6-5-12(16)7-10(14)9-18/h2-8,18H,9H2,1H3. The smallest absolute Gasteiger partial charge is 0.125 e. The number of nitrogens with zero attached hydrogens (tertiary/aromatic N) is 1. The van der Waals surface area contributed by atoms with E-state index in [-0.39, 0.29) is 12.4 Å². The lowest BCUT2D eigenvalue weighted by atomic mass is 10.1. The van der Waals surface area contributed by atoms with E-state index < -0.39 is 5.82 Å². The Hall–Kier alpha value is -1.94. The number of rotatable bonds is 3. The lowest BCUT2D eigenvalue weighted by molar-refractivity contribution is 0.281. The monoisotopic (exact) mass is 249 g/mol. The normalized spacial score (nSPS) is 10.4. The summed E-state index contributed by atoms with van der Waals surface area (Å²) in [5, 5.41) is 9.23. The number of anilines is 2. The first-order valence-corrected chi connectivity index (χ1v) is 5.50. The molecule has 0 spiro atoms. The van der Waals surface area contributed by atoms with Crippen molar-refractivity contribution in [1.29, 1.82) is 0 Å². The summed E-state index contributed by atoms with van der Waals surface area (Å²) in [6.07, 6.45) is 0. The molecular weight excluding hydrogens is 236 g/mol. The van der Waals surface area contributed by atoms with Crippen LogP contribution in [0.5, 0.6) is 0 Å². The predicted molar refractivity (Wildman–Crippen MR) is 66.8 cm³/mol. The van der Waals surface area contributed by atoms with Gasteiger partial charge in [-0.1, -0.05) is 6.07 Å². The molecule has 0 heterocycles. The number of hydrogen-bond donors (Lipinski definition) is 1. The van der Waals surface area contributed by atoms with Crippen LogP contribution in [-0.2, 0) is 6.61 Å². The van der Waals surface area contributed by atoms with Crippen LogP contribution >= 0.6 is 0 Å². The van der Waals surface area contributed by atoms with Gasteiger partial charge in [-0.2, -0.15) is 0 Å². The molecule has 18 heavy (non-hydrogen) atoms. The highest BCUT2D eigenvalue weighted by molar-refractivity contribution is 5.65. The highest BCUT2D eigenvalue weighted by atomic mass is 19.1. The largest absolute Gasteiger partial charge is 0.392 e. The fraction of sp³-hybridized carbons (Fsp3) is 0.143. The summed E-state index contributed by atoms with van der Waals surface area (Å²) in [7, 11) is 1.74. The topological polar surface area (TPSA) is 23.5 Å². The molecule has 0 radical (unpaired) electrons. The molecule has 0 aliphatic heterocycles. The number of aliphatic hydroxyl groups is 1. The summed E-state index contributed by atoms with van der Waals surface area (Å²) < 4.78 is 26.2. The van der Waals surface area contributed by atoms with Crippen molar-refractivity contribution in [3.8, 4) is 0 Å². The van der Waals surface area contributed by atoms with Crippen LogP contribution in [0.25, 0.3) is 0 Å². The van der Waals surface area contributed by atoms with Crippen molar-refractivity contribution in [2.24, 2.45) is 0 Å². The molecule has 2 aromatic rings. The molecule has 0 atom stereocenters. The average Bonchev–Trinajstić information content (AvgIpc) is 2.37. The summed E-state index contributed by atoms with van der Waals surface area (Å²) >= 11 is 0. The van der Waals surface area contributed by atoms with Crippen LogP contribution in [0.3, 0.4) is 0 Å². The number of aliphatic hydroxyl groups excluding tert-OH is 1. The summed E-state index contributed by atoms with van der Waals surface area (Å²) in [5.74, 6) is -0.748. The first-order chi connectivity index (χ1) is 8.61. The predicted octanol–water partition coefficient (Wildman–Crippen LogP) is 3.23. The second-order valence-electron chi connectivity index (χ2n) is 3.97. The van der Waals surface area contributed by atoms with Crippen LogP contribution in [0.1, 0.15) is 5.56 Å². The van der Waals surface area contributed by atoms with Gasteiger partial charge < -0.3 is 10.0 Å². The molecule has 0 saturated heterocycles. The zero-order chi connectivity index (χ0) is 13.1. The van der Waals surface area contributed by atoms with Crippen LogP contribution in [0, 0.1) is 11.6 Å². The van der Waals surface area contributed by atoms with Gasteiger partial charge in [-0.15, -0.1) is 0 Å². The van der Waals surface area contributed by atoms with E-state index >= 15 is 0 Å². The molecule has 2 nitrogen and oxygen atoms in total. The Morgan fingerprint density at radius 1 is 1.06 bits per heavy atom. The zero-order valence-electron chi connectivity index (χ0n) is 9.90. The first kappa shape index (κ1) is 12.5. The first-order valence-electron chi connectivity index (χ1n) is 5.50. The van der Waals surface area contributed by atoms with Gasteiger partial charge in [-0.25, -0.2) is 8.78 Å². The van der Waals surface area contributed by atoms with E-state index in [1.165, 1.54) is 24.3 Å². The van der Waals surface area contributed by atoms with Crippen molar-refractivity contribution in [3.05, 3.63) is 59.7 Å². The highest BCUT2D eigenvalue weighted by Crippen LogP contribution is 2.28. The third-order valence-electron chi connectivity index (χ3n) is 2.77. The Bertz CT molecular complexity index is 557. The van der Waals surface area contributed by atoms with E-state index in [4.69, 9.17) is 0 Å². The Labute approximate surface area is 104 Å². The third kappa shape index (κ3) is 2.49. The van der Waals surface area contributed by atoms with Gasteiger partial charge >= 0.3 is 0 Å². The maximum atomic E-state index is 13.2. The Morgan fingerprint density at radius 3 is 2.44 bits per heavy atom. The van der Waals surface area contributed by atoms with Crippen molar-refractivity contribution in [2.75, 3.05) is 11.9 Å². The minimum Gasteiger partial charge on any atom is -0.392 e. The second kappa shape index (κ2) is 5.14. The maximum absolute atomic E-state index is 13.2. The van der Waals surface area contributed by atoms with Crippen LogP contribution < -0.4 is 4.90 Å². The zero-order valence-corrected chi connectivity index (χ0v) is 9.90. The summed E-state index contributed by atoms with van der Waals surface area (Å²) in [6.45, 7) is -0.271. The third-order valence-corrected chi connectivity index (χ3v) is 2.77. The van der Waals surface area contributed by atoms with Crippen molar-refractivity contribution in [1.82, 2.24) is 0 Å². The van der Waals surface area contributed by atoms with E-state index in [2.05, 4.69) is 0 Å². The fourth-order valence-corrected chi connectivity index (χ4v) is 1.83. The lowest BCUT2D eigenvalue weighted by Crippen LogP contribution is -2.12. The Balaban J connectivity index is 2.42. The van der Waals surface area contributed by atoms with Gasteiger partial charge in [0.15, 0.2) is 0 Å². The minimum absolute atomic E-state index is 0.271. The molecule has 94 valence electrons. The molecule has 2 aromatic carbocycles. The number of hydrogen-bond acceptors (Lipinski definition) is 2. The summed E-state index contributed by atoms with van der Waals surface area (Å²) in [4.78, 5) is 1.70. The quantitative estimate of drug-likeness (QED) is 0.902. The van der Waals surface area contributed by atoms with Gasteiger partial charge in [0.2, 0.25) is 0 Å². The maximum Gasteiger partial charge on any atom is 0.125 e. The molecule has 2 rings (SSSR count). The average molecular weight is 249 g/mol. The number of halogens is 2. The molecule has 4 heteroatoms. The summed E-state index contributed by atoms with van der Waals surface area (Å²) in [6, 6.07) is 10.2. The van der Waals surface area contributed by atoms with Crippen LogP contribution in [0.2, 0.25) is 0 Å². The van der Waals surface area contributed by atoms with E-state index in [1.807, 2.05) is 0 Å². The van der Waals surface area contributed by atoms with E-state index in [0.29, 0.717) is 16.9 Å². The SMILES string of the molecule is CN(c1cccc(F)c1)c1ccc(F)cc1CO. The second-order valence-corrected chi connectivity index (χ2v) is 3.97. The van der Waals surface area contributed by atoms with Crippen LogP contribution in [0.15, 0.2) is 42.5 Å². The van der Waals surface area contributed by atoms with Gasteiger partial charge in [0, 0.05) is 24.0 Å². The van der Waals surface area contributed by atoms with Gasteiger partial charge in [-0.3, -0.25) is 0 Å². The van der Waals surface area contributed by atoms with Gasteiger partial charge in [-0.05, 0) is 36.4 Å². The molecule has 0 aliphatic carbocycles. The molecular formula is C14H13F2NO. The van der Waals surface area contributed by atoms with Gasteiger partial charge in [0.1, 0.15) is 11.6 Å². The lowest BCUT2D eigenvalue weighted by Gasteiger charge is -2.22. The van der Waals surface area contributed by atoms with Crippen LogP contribution in [0.4, 0.5) is 20.2 Å². The fourth-order valence-electron chi connectivity index (χ4n) is 1.83. The molecule has 0 bridgehead atoms. The summed E-state index contributed by atoms with van der Waals surface area (Å²) in [5.41, 5.74) is 1.74. The van der Waals surface area contributed by atoms with E-state index in [1.54, 1.807) is 30.1 Å². The van der Waals surface area contributed by atoms with Gasteiger partial charge in [0.25, 0.3) is 0 Å². The van der Waals surface area contributed by atoms with Crippen LogP contribution in [-0.4, -0.2) is 12.2 Å². The van der Waals surface area contributed by atoms with Crippen molar-refractivity contribution in [2.45, 2.75) is 6.61 Å². The molecule has 0 unspecified atom stereocenters. The van der Waals surface area contributed by atoms with Crippen molar-refractivity contribution in [3.63, 3.8) is 0 Å². The van der Waals surface area contributed by atoms with Gasteiger partial charge in [0.05, 0.1) is 6.61 Å². The minimum atomic E-state index is -0.407. The molecule has 0 amide bonds. The van der Waals surface area contributed by atoms with Crippen molar-refractivity contribution >= 4 is 11.4 Å². The van der Waals surface area contributed by atoms with E-state index in [9.17, 15) is 13.9 Å². The Kier molecular flexibility index (Phi) is 3.58. The Morgan fingerprint density at radius 2 is 1.78 bits per heavy atom. The molecule has 1 N–H and O–H groups in total. The molecule has 0 saturated carbocycles.